The highest BCUT2D eigenvalue weighted by Gasteiger charge is 2.42. The van der Waals surface area contributed by atoms with E-state index in [1.165, 1.54) is 0 Å². The second-order valence-electron chi connectivity index (χ2n) is 6.17. The van der Waals surface area contributed by atoms with E-state index >= 15 is 0 Å². The van der Waals surface area contributed by atoms with Crippen molar-refractivity contribution in [1.29, 1.82) is 0 Å². The van der Waals surface area contributed by atoms with Gasteiger partial charge in [-0.05, 0) is 32.1 Å². The van der Waals surface area contributed by atoms with Crippen LogP contribution in [0.25, 0.3) is 0 Å². The second-order valence-corrected chi connectivity index (χ2v) is 7.81. The molecule has 8 heteroatoms. The molecule has 0 aromatic rings. The molecule has 0 amide bonds. The zero-order valence-electron chi connectivity index (χ0n) is 12.4. The summed E-state index contributed by atoms with van der Waals surface area (Å²) in [6.07, 6.45) is 1.14. The molecule has 0 aliphatic carbocycles. The minimum Gasteiger partial charge on any atom is -0.779 e. The van der Waals surface area contributed by atoms with Gasteiger partial charge in [0.05, 0.1) is 32.4 Å². The summed E-state index contributed by atoms with van der Waals surface area (Å²) < 4.78 is 21.8. The number of fused-ring (bicyclic) bond motifs is 3. The SMILES string of the molecule is CCOC(=O)OC(C[N+]12CCC(CC1)CC2)CP(=O)([O-])O. The Hall–Kier alpha value is -0.620. The van der Waals surface area contributed by atoms with Gasteiger partial charge in [-0.25, -0.2) is 4.79 Å². The first kappa shape index (κ1) is 16.7. The molecule has 3 rings (SSSR count). The maximum absolute atomic E-state index is 11.5. The molecule has 0 spiro atoms. The van der Waals surface area contributed by atoms with E-state index < -0.39 is 26.0 Å². The normalized spacial score (nSPS) is 32.2. The van der Waals surface area contributed by atoms with E-state index in [1.807, 2.05) is 0 Å². The molecule has 3 heterocycles. The van der Waals surface area contributed by atoms with Crippen LogP contribution in [-0.4, -0.2) is 60.6 Å². The van der Waals surface area contributed by atoms with Crippen LogP contribution in [0.15, 0.2) is 0 Å². The van der Waals surface area contributed by atoms with Gasteiger partial charge in [0.1, 0.15) is 14.1 Å². The van der Waals surface area contributed by atoms with Crippen molar-refractivity contribution in [1.82, 2.24) is 0 Å². The van der Waals surface area contributed by atoms with Gasteiger partial charge in [0.25, 0.3) is 0 Å². The monoisotopic (exact) mass is 321 g/mol. The second kappa shape index (κ2) is 6.65. The third-order valence-corrected chi connectivity index (χ3v) is 5.45. The molecular formula is C13H24NO6P. The average Bonchev–Trinajstić information content (AvgIpc) is 2.38. The first-order valence-corrected chi connectivity index (χ1v) is 9.29. The van der Waals surface area contributed by atoms with Crippen molar-refractivity contribution in [3.05, 3.63) is 0 Å². The molecule has 3 aliphatic rings. The van der Waals surface area contributed by atoms with Gasteiger partial charge in [-0.15, -0.1) is 0 Å². The number of hydrogen-bond acceptors (Lipinski definition) is 5. The molecule has 3 fully saturated rings. The van der Waals surface area contributed by atoms with Crippen molar-refractivity contribution in [2.24, 2.45) is 5.92 Å². The van der Waals surface area contributed by atoms with Gasteiger partial charge in [-0.3, -0.25) is 0 Å². The van der Waals surface area contributed by atoms with Crippen LogP contribution in [0, 0.1) is 5.92 Å². The molecule has 3 aliphatic heterocycles. The Morgan fingerprint density at radius 1 is 1.38 bits per heavy atom. The van der Waals surface area contributed by atoms with E-state index in [4.69, 9.17) is 14.4 Å². The summed E-state index contributed by atoms with van der Waals surface area (Å²) in [6, 6.07) is 0. The number of quaternary nitrogens is 1. The Kier molecular flexibility index (Phi) is 5.30. The fourth-order valence-corrected chi connectivity index (χ4v) is 4.23. The fourth-order valence-electron chi connectivity index (χ4n) is 3.52. The minimum atomic E-state index is -4.48. The Balaban J connectivity index is 2.00. The van der Waals surface area contributed by atoms with E-state index in [1.54, 1.807) is 6.92 Å². The number of nitrogens with zero attached hydrogens (tertiary/aromatic N) is 1. The number of carbonyl (C=O) groups excluding carboxylic acids is 1. The van der Waals surface area contributed by atoms with Gasteiger partial charge in [0.2, 0.25) is 0 Å². The predicted octanol–water partition coefficient (Wildman–Crippen LogP) is 0.704. The van der Waals surface area contributed by atoms with Crippen LogP contribution < -0.4 is 4.89 Å². The first-order chi connectivity index (χ1) is 9.82. The molecule has 2 unspecified atom stereocenters. The van der Waals surface area contributed by atoms with Crippen molar-refractivity contribution in [2.45, 2.75) is 32.3 Å². The molecule has 21 heavy (non-hydrogen) atoms. The lowest BCUT2D eigenvalue weighted by molar-refractivity contribution is -0.944. The summed E-state index contributed by atoms with van der Waals surface area (Å²) in [4.78, 5) is 31.7. The number of hydrogen-bond donors (Lipinski definition) is 1. The maximum atomic E-state index is 11.5. The molecule has 0 radical (unpaired) electrons. The molecule has 2 bridgehead atoms. The van der Waals surface area contributed by atoms with Gasteiger partial charge in [0.15, 0.2) is 6.10 Å². The lowest BCUT2D eigenvalue weighted by Crippen LogP contribution is -2.61. The maximum Gasteiger partial charge on any atom is 0.508 e. The highest BCUT2D eigenvalue weighted by Crippen LogP contribution is 2.36. The average molecular weight is 321 g/mol. The lowest BCUT2D eigenvalue weighted by Gasteiger charge is -2.50. The number of ether oxygens (including phenoxy) is 2. The molecular weight excluding hydrogens is 297 g/mol. The van der Waals surface area contributed by atoms with Crippen LogP contribution in [0.4, 0.5) is 4.79 Å². The summed E-state index contributed by atoms with van der Waals surface area (Å²) >= 11 is 0. The van der Waals surface area contributed by atoms with Gasteiger partial charge in [-0.1, -0.05) is 0 Å². The Bertz CT molecular complexity index is 401. The highest BCUT2D eigenvalue weighted by atomic mass is 31.2. The van der Waals surface area contributed by atoms with Crippen LogP contribution in [0.3, 0.4) is 0 Å². The minimum absolute atomic E-state index is 0.168. The van der Waals surface area contributed by atoms with Crippen molar-refractivity contribution in [2.75, 3.05) is 38.9 Å². The smallest absolute Gasteiger partial charge is 0.508 e. The van der Waals surface area contributed by atoms with E-state index in [0.717, 1.165) is 49.3 Å². The largest absolute Gasteiger partial charge is 0.779 e. The topological polar surface area (TPSA) is 95.9 Å². The lowest BCUT2D eigenvalue weighted by atomic mass is 9.85. The summed E-state index contributed by atoms with van der Waals surface area (Å²) in [7, 11) is -4.48. The highest BCUT2D eigenvalue weighted by molar-refractivity contribution is 7.50. The molecule has 3 saturated heterocycles. The van der Waals surface area contributed by atoms with Crippen molar-refractivity contribution < 1.29 is 33.1 Å². The summed E-state index contributed by atoms with van der Waals surface area (Å²) in [5.74, 6) is 0.790. The van der Waals surface area contributed by atoms with E-state index in [-0.39, 0.29) is 6.61 Å². The molecule has 0 aromatic heterocycles. The zero-order valence-corrected chi connectivity index (χ0v) is 13.3. The summed E-state index contributed by atoms with van der Waals surface area (Å²) in [5.41, 5.74) is 0. The number of carbonyl (C=O) groups is 1. The number of rotatable bonds is 6. The van der Waals surface area contributed by atoms with Gasteiger partial charge in [-0.2, -0.15) is 0 Å². The molecule has 0 saturated carbocycles. The Morgan fingerprint density at radius 3 is 2.43 bits per heavy atom. The molecule has 122 valence electrons. The molecule has 7 nitrogen and oxygen atoms in total. The molecule has 0 aromatic carbocycles. The van der Waals surface area contributed by atoms with Crippen molar-refractivity contribution >= 4 is 13.8 Å². The van der Waals surface area contributed by atoms with Crippen LogP contribution in [0.2, 0.25) is 0 Å². The van der Waals surface area contributed by atoms with Crippen LogP contribution in [-0.2, 0) is 14.0 Å². The van der Waals surface area contributed by atoms with Crippen molar-refractivity contribution in [3.8, 4) is 0 Å². The predicted molar refractivity (Wildman–Crippen MR) is 73.7 cm³/mol. The van der Waals surface area contributed by atoms with Gasteiger partial charge >= 0.3 is 6.16 Å². The third kappa shape index (κ3) is 4.95. The number of piperidine rings is 3. The van der Waals surface area contributed by atoms with Gasteiger partial charge in [0, 0.05) is 0 Å². The van der Waals surface area contributed by atoms with E-state index in [2.05, 4.69) is 0 Å². The summed E-state index contributed by atoms with van der Waals surface area (Å²) in [5, 5.41) is 0. The van der Waals surface area contributed by atoms with Crippen LogP contribution in [0.5, 0.6) is 0 Å². The zero-order chi connectivity index (χ0) is 15.5. The van der Waals surface area contributed by atoms with Crippen LogP contribution in [0.1, 0.15) is 26.2 Å². The van der Waals surface area contributed by atoms with E-state index in [0.29, 0.717) is 6.54 Å². The van der Waals surface area contributed by atoms with Gasteiger partial charge < -0.3 is 28.3 Å². The third-order valence-electron chi connectivity index (χ3n) is 4.59. The molecule has 2 atom stereocenters. The molecule has 1 N–H and O–H groups in total. The van der Waals surface area contributed by atoms with Crippen molar-refractivity contribution in [3.63, 3.8) is 0 Å². The quantitative estimate of drug-likeness (QED) is 0.439. The summed E-state index contributed by atoms with van der Waals surface area (Å²) in [6.45, 7) is 5.21. The Labute approximate surface area is 125 Å². The van der Waals surface area contributed by atoms with Crippen LogP contribution >= 0.6 is 7.60 Å². The van der Waals surface area contributed by atoms with E-state index in [9.17, 15) is 14.3 Å². The standard InChI is InChI=1S/C13H24NO6P/c1-2-19-13(15)20-12(10-21(16,17)18)9-14-6-3-11(4-7-14)5-8-14/h11-12H,2-10H2,1H3,(H-,16,17,18). The fraction of sp³-hybridized carbons (Fsp3) is 0.923. The first-order valence-electron chi connectivity index (χ1n) is 7.53. The Morgan fingerprint density at radius 2 is 1.95 bits per heavy atom.